The molecule has 1 aliphatic heterocycles. The number of hydrogen-bond donors (Lipinski definition) is 1. The van der Waals surface area contributed by atoms with Crippen LogP contribution in [0.3, 0.4) is 0 Å². The second kappa shape index (κ2) is 7.58. The first-order valence-electron chi connectivity index (χ1n) is 7.19. The quantitative estimate of drug-likeness (QED) is 0.900. The minimum Gasteiger partial charge on any atom is -0.315 e. The summed E-state index contributed by atoms with van der Waals surface area (Å²) in [6.45, 7) is 5.94. The van der Waals surface area contributed by atoms with E-state index in [2.05, 4.69) is 19.2 Å². The molecular formula is C15H25ClN2O2S. The molecule has 1 fully saturated rings. The number of benzene rings is 1. The third-order valence-electron chi connectivity index (χ3n) is 3.79. The average Bonchev–Trinajstić information content (AvgIpc) is 2.91. The number of hydrogen-bond acceptors (Lipinski definition) is 3. The van der Waals surface area contributed by atoms with Gasteiger partial charge in [0.1, 0.15) is 0 Å². The monoisotopic (exact) mass is 332 g/mol. The van der Waals surface area contributed by atoms with E-state index in [0.29, 0.717) is 10.8 Å². The number of halogens is 1. The highest BCUT2D eigenvalue weighted by Gasteiger charge is 2.29. The van der Waals surface area contributed by atoms with Crippen LogP contribution in [0.15, 0.2) is 29.2 Å². The summed E-state index contributed by atoms with van der Waals surface area (Å²) in [6.07, 6.45) is 1.85. The number of sulfonamides is 1. The maximum Gasteiger partial charge on any atom is 0.243 e. The third-order valence-corrected chi connectivity index (χ3v) is 5.72. The van der Waals surface area contributed by atoms with Gasteiger partial charge in [-0.25, -0.2) is 8.42 Å². The molecule has 1 saturated heterocycles. The number of likely N-dealkylation sites (N-methyl/N-ethyl adjacent to an activating group) is 1. The molecule has 4 nitrogen and oxygen atoms in total. The van der Waals surface area contributed by atoms with Gasteiger partial charge in [0, 0.05) is 19.6 Å². The Morgan fingerprint density at radius 3 is 2.38 bits per heavy atom. The van der Waals surface area contributed by atoms with Crippen LogP contribution in [0.1, 0.15) is 25.8 Å². The van der Waals surface area contributed by atoms with Gasteiger partial charge in [-0.15, -0.1) is 12.4 Å². The predicted octanol–water partition coefficient (Wildman–Crippen LogP) is 2.29. The molecule has 1 N–H and O–H groups in total. The van der Waals surface area contributed by atoms with E-state index in [1.807, 2.05) is 12.1 Å². The summed E-state index contributed by atoms with van der Waals surface area (Å²) in [7, 11) is -1.70. The predicted molar refractivity (Wildman–Crippen MR) is 88.5 cm³/mol. The second-order valence-electron chi connectivity index (χ2n) is 5.91. The van der Waals surface area contributed by atoms with Gasteiger partial charge in [-0.3, -0.25) is 0 Å². The molecule has 0 aromatic heterocycles. The van der Waals surface area contributed by atoms with Crippen LogP contribution in [0, 0.1) is 5.92 Å². The molecule has 0 spiro atoms. The van der Waals surface area contributed by atoms with E-state index in [1.54, 1.807) is 19.2 Å². The summed E-state index contributed by atoms with van der Waals surface area (Å²) in [5.41, 5.74) is 1.18. The lowest BCUT2D eigenvalue weighted by molar-refractivity contribution is 0.388. The third kappa shape index (κ3) is 4.42. The molecule has 0 radical (unpaired) electrons. The van der Waals surface area contributed by atoms with Crippen LogP contribution in [0.25, 0.3) is 0 Å². The molecule has 1 aliphatic rings. The lowest BCUT2D eigenvalue weighted by Gasteiger charge is -2.23. The molecule has 0 amide bonds. The maximum atomic E-state index is 12.6. The Labute approximate surface area is 134 Å². The van der Waals surface area contributed by atoms with Crippen molar-refractivity contribution in [3.8, 4) is 0 Å². The Hall–Kier alpha value is -0.620. The standard InChI is InChI=1S/C15H24N2O2S.ClH/c1-12(2)10-13-4-6-15(7-5-13)20(18,19)17(3)14-8-9-16-11-14;/h4-7,12,14,16H,8-11H2,1-3H3;1H. The van der Waals surface area contributed by atoms with Crippen molar-refractivity contribution >= 4 is 22.4 Å². The van der Waals surface area contributed by atoms with Gasteiger partial charge in [0.25, 0.3) is 0 Å². The van der Waals surface area contributed by atoms with Crippen LogP contribution in [0.2, 0.25) is 0 Å². The van der Waals surface area contributed by atoms with E-state index >= 15 is 0 Å². The van der Waals surface area contributed by atoms with Crippen molar-refractivity contribution in [1.82, 2.24) is 9.62 Å². The fraction of sp³-hybridized carbons (Fsp3) is 0.600. The average molecular weight is 333 g/mol. The highest BCUT2D eigenvalue weighted by molar-refractivity contribution is 7.89. The van der Waals surface area contributed by atoms with E-state index in [-0.39, 0.29) is 18.4 Å². The minimum absolute atomic E-state index is 0. The van der Waals surface area contributed by atoms with E-state index in [4.69, 9.17) is 0 Å². The van der Waals surface area contributed by atoms with Gasteiger partial charge in [0.2, 0.25) is 10.0 Å². The van der Waals surface area contributed by atoms with Gasteiger partial charge in [-0.2, -0.15) is 4.31 Å². The van der Waals surface area contributed by atoms with Crippen molar-refractivity contribution in [2.45, 2.75) is 37.6 Å². The van der Waals surface area contributed by atoms with Crippen LogP contribution < -0.4 is 5.32 Å². The Balaban J connectivity index is 0.00000220. The number of rotatable bonds is 5. The van der Waals surface area contributed by atoms with E-state index in [0.717, 1.165) is 25.9 Å². The molecule has 0 bridgehead atoms. The SMILES string of the molecule is CC(C)Cc1ccc(S(=O)(=O)N(C)C2CCNC2)cc1.Cl. The van der Waals surface area contributed by atoms with Crippen molar-refractivity contribution in [3.63, 3.8) is 0 Å². The summed E-state index contributed by atoms with van der Waals surface area (Å²) >= 11 is 0. The van der Waals surface area contributed by atoms with Crippen molar-refractivity contribution in [2.24, 2.45) is 5.92 Å². The van der Waals surface area contributed by atoms with Crippen LogP contribution in [0.4, 0.5) is 0 Å². The van der Waals surface area contributed by atoms with Gasteiger partial charge in [-0.1, -0.05) is 26.0 Å². The molecular weight excluding hydrogens is 308 g/mol. The highest BCUT2D eigenvalue weighted by Crippen LogP contribution is 2.20. The zero-order chi connectivity index (χ0) is 14.8. The van der Waals surface area contributed by atoms with Crippen molar-refractivity contribution < 1.29 is 8.42 Å². The Bertz CT molecular complexity index is 537. The summed E-state index contributed by atoms with van der Waals surface area (Å²) < 4.78 is 26.6. The summed E-state index contributed by atoms with van der Waals surface area (Å²) in [5.74, 6) is 0.574. The van der Waals surface area contributed by atoms with Crippen LogP contribution in [-0.4, -0.2) is 38.9 Å². The van der Waals surface area contributed by atoms with Crippen LogP contribution in [0.5, 0.6) is 0 Å². The molecule has 6 heteroatoms. The Kier molecular flexibility index (Phi) is 6.66. The van der Waals surface area contributed by atoms with Crippen molar-refractivity contribution in [3.05, 3.63) is 29.8 Å². The second-order valence-corrected chi connectivity index (χ2v) is 7.91. The van der Waals surface area contributed by atoms with Crippen molar-refractivity contribution in [2.75, 3.05) is 20.1 Å². The van der Waals surface area contributed by atoms with Gasteiger partial charge < -0.3 is 5.32 Å². The van der Waals surface area contributed by atoms with Crippen molar-refractivity contribution in [1.29, 1.82) is 0 Å². The molecule has 120 valence electrons. The van der Waals surface area contributed by atoms with Crippen LogP contribution >= 0.6 is 12.4 Å². The topological polar surface area (TPSA) is 49.4 Å². The first-order chi connectivity index (χ1) is 9.41. The zero-order valence-corrected chi connectivity index (χ0v) is 14.5. The van der Waals surface area contributed by atoms with E-state index in [1.165, 1.54) is 9.87 Å². The molecule has 21 heavy (non-hydrogen) atoms. The van der Waals surface area contributed by atoms with Gasteiger partial charge >= 0.3 is 0 Å². The number of nitrogens with zero attached hydrogens (tertiary/aromatic N) is 1. The molecule has 0 saturated carbocycles. The van der Waals surface area contributed by atoms with E-state index in [9.17, 15) is 8.42 Å². The molecule has 1 unspecified atom stereocenters. The fourth-order valence-corrected chi connectivity index (χ4v) is 3.97. The summed E-state index contributed by atoms with van der Waals surface area (Å²) in [5, 5.41) is 3.20. The maximum absolute atomic E-state index is 12.6. The minimum atomic E-state index is -3.37. The normalized spacial score (nSPS) is 19.0. The fourth-order valence-electron chi connectivity index (χ4n) is 2.58. The summed E-state index contributed by atoms with van der Waals surface area (Å²) in [4.78, 5) is 0.388. The lowest BCUT2D eigenvalue weighted by Crippen LogP contribution is -2.38. The molecule has 0 aliphatic carbocycles. The lowest BCUT2D eigenvalue weighted by atomic mass is 10.0. The van der Waals surface area contributed by atoms with Gasteiger partial charge in [0.15, 0.2) is 0 Å². The Morgan fingerprint density at radius 1 is 1.29 bits per heavy atom. The highest BCUT2D eigenvalue weighted by atomic mass is 35.5. The first kappa shape index (κ1) is 18.4. The van der Waals surface area contributed by atoms with Crippen LogP contribution in [-0.2, 0) is 16.4 Å². The molecule has 1 aromatic rings. The summed E-state index contributed by atoms with van der Waals surface area (Å²) in [6, 6.07) is 7.37. The smallest absolute Gasteiger partial charge is 0.243 e. The van der Waals surface area contributed by atoms with E-state index < -0.39 is 10.0 Å². The largest absolute Gasteiger partial charge is 0.315 e. The molecule has 2 rings (SSSR count). The first-order valence-corrected chi connectivity index (χ1v) is 8.63. The molecule has 1 atom stereocenters. The zero-order valence-electron chi connectivity index (χ0n) is 12.9. The van der Waals surface area contributed by atoms with Gasteiger partial charge in [-0.05, 0) is 43.0 Å². The Morgan fingerprint density at radius 2 is 1.90 bits per heavy atom. The number of nitrogens with one attached hydrogen (secondary N) is 1. The molecule has 1 heterocycles. The molecule has 1 aromatic carbocycles. The van der Waals surface area contributed by atoms with Gasteiger partial charge in [0.05, 0.1) is 4.90 Å².